The zero-order chi connectivity index (χ0) is 13.8. The first-order valence-electron chi connectivity index (χ1n) is 7.28. The Kier molecular flexibility index (Phi) is 3.86. The molecule has 1 saturated carbocycles. The van der Waals surface area contributed by atoms with E-state index < -0.39 is 0 Å². The molecule has 20 heavy (non-hydrogen) atoms. The van der Waals surface area contributed by atoms with Gasteiger partial charge in [-0.05, 0) is 37.1 Å². The molecule has 0 saturated heterocycles. The summed E-state index contributed by atoms with van der Waals surface area (Å²) in [7, 11) is 0. The van der Waals surface area contributed by atoms with Gasteiger partial charge in [-0.2, -0.15) is 0 Å². The van der Waals surface area contributed by atoms with E-state index in [1.165, 1.54) is 6.42 Å². The van der Waals surface area contributed by atoms with Gasteiger partial charge in [-0.3, -0.25) is 5.32 Å². The largest absolute Gasteiger partial charge is 0.446 e. The van der Waals surface area contributed by atoms with Gasteiger partial charge >= 0.3 is 6.09 Å². The highest BCUT2D eigenvalue weighted by Crippen LogP contribution is 2.24. The third kappa shape index (κ3) is 2.93. The van der Waals surface area contributed by atoms with E-state index in [9.17, 15) is 4.79 Å². The van der Waals surface area contributed by atoms with Gasteiger partial charge in [-0.15, -0.1) is 0 Å². The number of hydrogen-bond donors (Lipinski definition) is 1. The smallest absolute Gasteiger partial charge is 0.411 e. The predicted octanol–water partition coefficient (Wildman–Crippen LogP) is 4.72. The third-order valence-corrected chi connectivity index (χ3v) is 3.85. The van der Waals surface area contributed by atoms with Crippen LogP contribution >= 0.6 is 0 Å². The fraction of sp³-hybridized carbons (Fsp3) is 0.353. The van der Waals surface area contributed by atoms with E-state index in [4.69, 9.17) is 4.74 Å². The number of benzene rings is 2. The molecular weight excluding hydrogens is 250 g/mol. The fourth-order valence-electron chi connectivity index (χ4n) is 2.81. The first kappa shape index (κ1) is 13.0. The van der Waals surface area contributed by atoms with Gasteiger partial charge in [0.1, 0.15) is 6.10 Å². The zero-order valence-corrected chi connectivity index (χ0v) is 11.5. The Morgan fingerprint density at radius 1 is 1.00 bits per heavy atom. The van der Waals surface area contributed by atoms with E-state index in [-0.39, 0.29) is 12.2 Å². The average molecular weight is 269 g/mol. The van der Waals surface area contributed by atoms with Crippen molar-refractivity contribution in [3.8, 4) is 0 Å². The summed E-state index contributed by atoms with van der Waals surface area (Å²) >= 11 is 0. The summed E-state index contributed by atoms with van der Waals surface area (Å²) in [6.45, 7) is 0. The SMILES string of the molecule is O=C(Nc1cccc2ccccc12)OC1CCCCC1. The fourth-order valence-corrected chi connectivity index (χ4v) is 2.81. The van der Waals surface area contributed by atoms with Crippen molar-refractivity contribution in [3.05, 3.63) is 42.5 Å². The Bertz CT molecular complexity index is 597. The number of amides is 1. The van der Waals surface area contributed by atoms with Gasteiger partial charge < -0.3 is 4.74 Å². The molecule has 2 aromatic rings. The molecule has 0 spiro atoms. The van der Waals surface area contributed by atoms with E-state index in [1.54, 1.807) is 0 Å². The minimum absolute atomic E-state index is 0.0822. The zero-order valence-electron chi connectivity index (χ0n) is 11.5. The molecule has 0 radical (unpaired) electrons. The molecule has 0 unspecified atom stereocenters. The molecule has 1 aliphatic rings. The summed E-state index contributed by atoms with van der Waals surface area (Å²) in [6, 6.07) is 13.9. The average Bonchev–Trinajstić information content (AvgIpc) is 2.48. The summed E-state index contributed by atoms with van der Waals surface area (Å²) in [5.41, 5.74) is 0.809. The highest BCUT2D eigenvalue weighted by atomic mass is 16.6. The number of anilines is 1. The number of hydrogen-bond acceptors (Lipinski definition) is 2. The first-order valence-corrected chi connectivity index (χ1v) is 7.28. The van der Waals surface area contributed by atoms with Gasteiger partial charge in [0.25, 0.3) is 0 Å². The van der Waals surface area contributed by atoms with E-state index in [1.807, 2.05) is 42.5 Å². The molecule has 1 aliphatic carbocycles. The van der Waals surface area contributed by atoms with Gasteiger partial charge in [0.05, 0.1) is 5.69 Å². The maximum atomic E-state index is 12.0. The van der Waals surface area contributed by atoms with Crippen LogP contribution in [0.15, 0.2) is 42.5 Å². The lowest BCUT2D eigenvalue weighted by Crippen LogP contribution is -2.24. The van der Waals surface area contributed by atoms with Crippen LogP contribution < -0.4 is 5.32 Å². The maximum absolute atomic E-state index is 12.0. The lowest BCUT2D eigenvalue weighted by atomic mass is 9.98. The standard InChI is InChI=1S/C17H19NO2/c19-17(20-14-9-2-1-3-10-14)18-16-12-6-8-13-7-4-5-11-15(13)16/h4-8,11-12,14H,1-3,9-10H2,(H,18,19). The lowest BCUT2D eigenvalue weighted by molar-refractivity contribution is 0.0865. The van der Waals surface area contributed by atoms with Crippen LogP contribution in [0.3, 0.4) is 0 Å². The quantitative estimate of drug-likeness (QED) is 0.856. The number of ether oxygens (including phenoxy) is 1. The Hall–Kier alpha value is -2.03. The Morgan fingerprint density at radius 2 is 1.75 bits per heavy atom. The van der Waals surface area contributed by atoms with Crippen LogP contribution in [0.25, 0.3) is 10.8 Å². The van der Waals surface area contributed by atoms with E-state index in [0.29, 0.717) is 0 Å². The van der Waals surface area contributed by atoms with Crippen molar-refractivity contribution in [2.75, 3.05) is 5.32 Å². The Morgan fingerprint density at radius 3 is 2.60 bits per heavy atom. The molecule has 0 bridgehead atoms. The highest BCUT2D eigenvalue weighted by Gasteiger charge is 2.17. The molecule has 1 fully saturated rings. The Labute approximate surface area is 118 Å². The molecular formula is C17H19NO2. The predicted molar refractivity (Wildman–Crippen MR) is 80.9 cm³/mol. The second-order valence-electron chi connectivity index (χ2n) is 5.32. The number of carbonyl (C=O) groups is 1. The van der Waals surface area contributed by atoms with Crippen LogP contribution in [0.1, 0.15) is 32.1 Å². The number of rotatable bonds is 2. The van der Waals surface area contributed by atoms with Crippen molar-refractivity contribution in [2.45, 2.75) is 38.2 Å². The highest BCUT2D eigenvalue weighted by molar-refractivity contribution is 6.00. The topological polar surface area (TPSA) is 38.3 Å². The van der Waals surface area contributed by atoms with Crippen molar-refractivity contribution >= 4 is 22.6 Å². The van der Waals surface area contributed by atoms with Crippen molar-refractivity contribution in [2.24, 2.45) is 0 Å². The van der Waals surface area contributed by atoms with E-state index >= 15 is 0 Å². The van der Waals surface area contributed by atoms with Crippen LogP contribution in [0.4, 0.5) is 10.5 Å². The normalized spacial score (nSPS) is 16.0. The summed E-state index contributed by atoms with van der Waals surface area (Å²) in [5.74, 6) is 0. The van der Waals surface area contributed by atoms with E-state index in [2.05, 4.69) is 5.32 Å². The van der Waals surface area contributed by atoms with Crippen LogP contribution in [0.2, 0.25) is 0 Å². The summed E-state index contributed by atoms with van der Waals surface area (Å²) < 4.78 is 5.49. The molecule has 104 valence electrons. The molecule has 1 N–H and O–H groups in total. The van der Waals surface area contributed by atoms with Gasteiger partial charge in [-0.1, -0.05) is 42.8 Å². The molecule has 0 aliphatic heterocycles. The van der Waals surface area contributed by atoms with Crippen molar-refractivity contribution < 1.29 is 9.53 Å². The van der Waals surface area contributed by atoms with Crippen molar-refractivity contribution in [3.63, 3.8) is 0 Å². The minimum Gasteiger partial charge on any atom is -0.446 e. The molecule has 0 aromatic heterocycles. The summed E-state index contributed by atoms with van der Waals surface area (Å²) in [4.78, 5) is 12.0. The van der Waals surface area contributed by atoms with Gasteiger partial charge in [-0.25, -0.2) is 4.79 Å². The minimum atomic E-state index is -0.340. The first-order chi connectivity index (χ1) is 9.83. The number of carbonyl (C=O) groups excluding carboxylic acids is 1. The number of fused-ring (bicyclic) bond motifs is 1. The summed E-state index contributed by atoms with van der Waals surface area (Å²) in [5, 5.41) is 5.02. The monoisotopic (exact) mass is 269 g/mol. The van der Waals surface area contributed by atoms with E-state index in [0.717, 1.165) is 42.1 Å². The van der Waals surface area contributed by atoms with Crippen LogP contribution in [0.5, 0.6) is 0 Å². The van der Waals surface area contributed by atoms with Crippen LogP contribution in [0, 0.1) is 0 Å². The van der Waals surface area contributed by atoms with Crippen molar-refractivity contribution in [1.29, 1.82) is 0 Å². The molecule has 1 amide bonds. The molecule has 3 nitrogen and oxygen atoms in total. The van der Waals surface area contributed by atoms with Crippen LogP contribution in [-0.2, 0) is 4.74 Å². The maximum Gasteiger partial charge on any atom is 0.411 e. The molecule has 0 heterocycles. The second kappa shape index (κ2) is 5.95. The second-order valence-corrected chi connectivity index (χ2v) is 5.32. The summed E-state index contributed by atoms with van der Waals surface area (Å²) in [6.07, 6.45) is 5.29. The molecule has 0 atom stereocenters. The van der Waals surface area contributed by atoms with Crippen molar-refractivity contribution in [1.82, 2.24) is 0 Å². The van der Waals surface area contributed by atoms with Gasteiger partial charge in [0.15, 0.2) is 0 Å². The van der Waals surface area contributed by atoms with Gasteiger partial charge in [0, 0.05) is 5.39 Å². The van der Waals surface area contributed by atoms with Gasteiger partial charge in [0.2, 0.25) is 0 Å². The number of nitrogens with one attached hydrogen (secondary N) is 1. The molecule has 2 aromatic carbocycles. The molecule has 3 heteroatoms. The lowest BCUT2D eigenvalue weighted by Gasteiger charge is -2.22. The van der Waals surface area contributed by atoms with Crippen LogP contribution in [-0.4, -0.2) is 12.2 Å². The molecule has 3 rings (SSSR count). The Balaban J connectivity index is 1.71. The third-order valence-electron chi connectivity index (χ3n) is 3.85.